The number of anilines is 1. The number of nitrogens with zero attached hydrogens (tertiary/aromatic N) is 3. The third-order valence-electron chi connectivity index (χ3n) is 6.22. The first kappa shape index (κ1) is 20.0. The van der Waals surface area contributed by atoms with Gasteiger partial charge in [-0.15, -0.1) is 0 Å². The molecule has 32 heavy (non-hydrogen) atoms. The Morgan fingerprint density at radius 2 is 1.53 bits per heavy atom. The van der Waals surface area contributed by atoms with Crippen LogP contribution in [0.15, 0.2) is 65.8 Å². The molecule has 4 unspecified atom stereocenters. The predicted octanol–water partition coefficient (Wildman–Crippen LogP) is 2.63. The highest BCUT2D eigenvalue weighted by Crippen LogP contribution is 2.46. The quantitative estimate of drug-likeness (QED) is 0.549. The number of hydrazone groups is 1. The summed E-state index contributed by atoms with van der Waals surface area (Å²) in [5, 5.41) is 5.79. The zero-order chi connectivity index (χ0) is 22.6. The summed E-state index contributed by atoms with van der Waals surface area (Å²) in [4.78, 5) is 52.9. The van der Waals surface area contributed by atoms with Crippen LogP contribution in [-0.2, 0) is 9.59 Å². The van der Waals surface area contributed by atoms with Crippen molar-refractivity contribution in [1.82, 2.24) is 5.01 Å². The van der Waals surface area contributed by atoms with Gasteiger partial charge >= 0.3 is 0 Å². The molecule has 2 amide bonds. The molecule has 0 aliphatic carbocycles. The van der Waals surface area contributed by atoms with Crippen LogP contribution >= 0.6 is 0 Å². The Morgan fingerprint density at radius 3 is 2.19 bits per heavy atom. The van der Waals surface area contributed by atoms with E-state index in [-0.39, 0.29) is 11.3 Å². The lowest BCUT2D eigenvalue weighted by Gasteiger charge is -2.30. The minimum absolute atomic E-state index is 0.127. The lowest BCUT2D eigenvalue weighted by atomic mass is 9.86. The monoisotopic (exact) mass is 431 g/mol. The summed E-state index contributed by atoms with van der Waals surface area (Å²) in [6, 6.07) is 9.78. The Labute approximate surface area is 182 Å². The van der Waals surface area contributed by atoms with Crippen molar-refractivity contribution in [1.29, 1.82) is 0 Å². The van der Waals surface area contributed by atoms with Gasteiger partial charge in [-0.25, -0.2) is 9.29 Å². The summed E-state index contributed by atoms with van der Waals surface area (Å²) in [6.07, 6.45) is 4.96. The van der Waals surface area contributed by atoms with Gasteiger partial charge in [-0.05, 0) is 61.5 Å². The zero-order valence-electron chi connectivity index (χ0n) is 17.0. The van der Waals surface area contributed by atoms with Gasteiger partial charge in [0.15, 0.2) is 11.6 Å². The highest BCUT2D eigenvalue weighted by molar-refractivity contribution is 6.24. The van der Waals surface area contributed by atoms with E-state index < -0.39 is 47.3 Å². The van der Waals surface area contributed by atoms with Crippen LogP contribution in [0.1, 0.15) is 27.6 Å². The zero-order valence-corrected chi connectivity index (χ0v) is 17.0. The molecule has 3 aliphatic rings. The summed E-state index contributed by atoms with van der Waals surface area (Å²) in [7, 11) is 0. The van der Waals surface area contributed by atoms with Gasteiger partial charge in [0.05, 0.1) is 23.6 Å². The van der Waals surface area contributed by atoms with Gasteiger partial charge in [0.1, 0.15) is 11.9 Å². The van der Waals surface area contributed by atoms with E-state index in [4.69, 9.17) is 0 Å². The molecule has 2 aromatic carbocycles. The number of Topliss-reactive ketones (excluding diaryl/α,β-unsaturated/α-hetero) is 2. The number of rotatable bonds is 4. The molecule has 160 valence electrons. The van der Waals surface area contributed by atoms with Crippen molar-refractivity contribution in [2.24, 2.45) is 16.9 Å². The van der Waals surface area contributed by atoms with E-state index in [1.165, 1.54) is 42.4 Å². The maximum Gasteiger partial charge on any atom is 0.240 e. The average Bonchev–Trinajstić information content (AvgIpc) is 3.26. The number of carbonyl (C=O) groups is 4. The van der Waals surface area contributed by atoms with Crippen LogP contribution in [0.2, 0.25) is 0 Å². The van der Waals surface area contributed by atoms with Crippen LogP contribution in [0.25, 0.3) is 0 Å². The van der Waals surface area contributed by atoms with Crippen molar-refractivity contribution in [3.63, 3.8) is 0 Å². The summed E-state index contributed by atoms with van der Waals surface area (Å²) in [5.41, 5.74) is 1.06. The number of amides is 2. The van der Waals surface area contributed by atoms with E-state index in [0.717, 1.165) is 4.90 Å². The van der Waals surface area contributed by atoms with Gasteiger partial charge in [0, 0.05) is 17.3 Å². The molecule has 3 heterocycles. The lowest BCUT2D eigenvalue weighted by Crippen LogP contribution is -2.46. The molecule has 0 radical (unpaired) electrons. The molecule has 5 rings (SSSR count). The fourth-order valence-electron chi connectivity index (χ4n) is 4.72. The maximum atomic E-state index is 13.5. The van der Waals surface area contributed by atoms with Crippen LogP contribution in [0.4, 0.5) is 10.1 Å². The van der Waals surface area contributed by atoms with Crippen LogP contribution in [-0.4, -0.2) is 46.7 Å². The van der Waals surface area contributed by atoms with Crippen LogP contribution < -0.4 is 4.90 Å². The van der Waals surface area contributed by atoms with Gasteiger partial charge in [-0.1, -0.05) is 6.08 Å². The maximum absolute atomic E-state index is 13.5. The molecule has 0 spiro atoms. The molecule has 2 aromatic rings. The van der Waals surface area contributed by atoms with Gasteiger partial charge < -0.3 is 0 Å². The first-order valence-corrected chi connectivity index (χ1v) is 10.2. The fraction of sp³-hybridized carbons (Fsp3) is 0.208. The molecule has 0 N–H and O–H groups in total. The van der Waals surface area contributed by atoms with Gasteiger partial charge in [0.2, 0.25) is 11.8 Å². The molecule has 0 saturated carbocycles. The van der Waals surface area contributed by atoms with E-state index >= 15 is 0 Å². The third-order valence-corrected chi connectivity index (χ3v) is 6.22. The molecule has 2 fully saturated rings. The van der Waals surface area contributed by atoms with Gasteiger partial charge in [-0.3, -0.25) is 24.2 Å². The number of carbonyl (C=O) groups excluding carboxylic acids is 4. The Morgan fingerprint density at radius 1 is 0.906 bits per heavy atom. The van der Waals surface area contributed by atoms with Crippen LogP contribution in [0.3, 0.4) is 0 Å². The number of halogens is 1. The van der Waals surface area contributed by atoms with Crippen molar-refractivity contribution in [3.8, 4) is 0 Å². The minimum atomic E-state index is -0.991. The average molecular weight is 431 g/mol. The Hall–Kier alpha value is -3.94. The molecule has 8 heteroatoms. The molecular weight excluding hydrogens is 413 g/mol. The molecule has 0 aromatic heterocycles. The standard InChI is InChI=1S/C24H18FN3O4/c1-13(29)14-6-10-17(11-7-14)27-23(31)19-18-3-2-12-26-28(18)21(20(19)24(27)32)22(30)15-4-8-16(25)9-5-15/h2-12,18-21H,1H3. The summed E-state index contributed by atoms with van der Waals surface area (Å²) >= 11 is 0. The smallest absolute Gasteiger partial charge is 0.240 e. The van der Waals surface area contributed by atoms with Gasteiger partial charge in [-0.2, -0.15) is 5.10 Å². The molecular formula is C24H18FN3O4. The van der Waals surface area contributed by atoms with Crippen molar-refractivity contribution in [3.05, 3.63) is 77.6 Å². The van der Waals surface area contributed by atoms with Crippen LogP contribution in [0.5, 0.6) is 0 Å². The highest BCUT2D eigenvalue weighted by atomic mass is 19.1. The number of hydrogen-bond acceptors (Lipinski definition) is 6. The molecule has 0 bridgehead atoms. The van der Waals surface area contributed by atoms with Gasteiger partial charge in [0.25, 0.3) is 0 Å². The topological polar surface area (TPSA) is 87.1 Å². The third kappa shape index (κ3) is 2.90. The fourth-order valence-corrected chi connectivity index (χ4v) is 4.72. The highest BCUT2D eigenvalue weighted by Gasteiger charge is 2.64. The largest absolute Gasteiger partial charge is 0.295 e. The van der Waals surface area contributed by atoms with E-state index in [9.17, 15) is 23.6 Å². The van der Waals surface area contributed by atoms with Crippen LogP contribution in [0, 0.1) is 17.7 Å². The SMILES string of the molecule is CC(=O)c1ccc(N2C(=O)C3C(C2=O)C(C(=O)c2ccc(F)cc2)N2N=CC=CC32)cc1. The minimum Gasteiger partial charge on any atom is -0.295 e. The Balaban J connectivity index is 1.55. The first-order chi connectivity index (χ1) is 15.4. The second-order valence-electron chi connectivity index (χ2n) is 8.00. The lowest BCUT2D eigenvalue weighted by molar-refractivity contribution is -0.123. The van der Waals surface area contributed by atoms with Crippen molar-refractivity contribution in [2.75, 3.05) is 4.90 Å². The van der Waals surface area contributed by atoms with Crippen molar-refractivity contribution < 1.29 is 23.6 Å². The Bertz CT molecular complexity index is 1200. The van der Waals surface area contributed by atoms with E-state index in [0.29, 0.717) is 11.3 Å². The van der Waals surface area contributed by atoms with Crippen molar-refractivity contribution in [2.45, 2.75) is 19.0 Å². The first-order valence-electron chi connectivity index (χ1n) is 10.2. The molecule has 7 nitrogen and oxygen atoms in total. The second-order valence-corrected chi connectivity index (χ2v) is 8.00. The number of imide groups is 1. The summed E-state index contributed by atoms with van der Waals surface area (Å²) < 4.78 is 13.4. The summed E-state index contributed by atoms with van der Waals surface area (Å²) in [6.45, 7) is 1.43. The molecule has 4 atom stereocenters. The molecule has 3 aliphatic heterocycles. The second kappa shape index (κ2) is 7.33. The summed E-state index contributed by atoms with van der Waals surface area (Å²) in [5.74, 6) is -3.62. The molecule has 2 saturated heterocycles. The number of allylic oxidation sites excluding steroid dienone is 1. The number of fused-ring (bicyclic) bond motifs is 3. The number of ketones is 2. The van der Waals surface area contributed by atoms with E-state index in [1.807, 2.05) is 0 Å². The normalized spacial score (nSPS) is 25.8. The van der Waals surface area contributed by atoms with E-state index in [1.54, 1.807) is 36.4 Å². The van der Waals surface area contributed by atoms with Crippen molar-refractivity contribution >= 4 is 35.3 Å². The van der Waals surface area contributed by atoms with E-state index in [2.05, 4.69) is 5.10 Å². The number of benzene rings is 2. The number of hydrogen-bond donors (Lipinski definition) is 0. The Kier molecular flexibility index (Phi) is 4.58. The predicted molar refractivity (Wildman–Crippen MR) is 114 cm³/mol.